The number of sulfonamides is 1. The molecule has 1 saturated heterocycles. The lowest BCUT2D eigenvalue weighted by atomic mass is 10.1. The summed E-state index contributed by atoms with van der Waals surface area (Å²) in [4.78, 5) is 11.5. The van der Waals surface area contributed by atoms with Crippen molar-refractivity contribution in [2.24, 2.45) is 0 Å². The van der Waals surface area contributed by atoms with Gasteiger partial charge in [-0.15, -0.1) is 0 Å². The first-order valence-corrected chi connectivity index (χ1v) is 10.8. The maximum atomic E-state index is 12.7. The third kappa shape index (κ3) is 4.06. The van der Waals surface area contributed by atoms with Crippen molar-refractivity contribution in [2.75, 3.05) is 24.6 Å². The summed E-state index contributed by atoms with van der Waals surface area (Å²) in [5.74, 6) is 2.14. The van der Waals surface area contributed by atoms with Crippen LogP contribution in [0.25, 0.3) is 0 Å². The monoisotopic (exact) mass is 388 g/mol. The van der Waals surface area contributed by atoms with Crippen LogP contribution in [0.5, 0.6) is 5.75 Å². The molecular weight excluding hydrogens is 364 g/mol. The molecule has 144 valence electrons. The maximum absolute atomic E-state index is 12.7. The van der Waals surface area contributed by atoms with E-state index in [1.54, 1.807) is 18.2 Å². The second kappa shape index (κ2) is 7.44. The van der Waals surface area contributed by atoms with Crippen LogP contribution in [-0.4, -0.2) is 38.1 Å². The zero-order chi connectivity index (χ0) is 18.9. The van der Waals surface area contributed by atoms with Crippen molar-refractivity contribution in [3.05, 3.63) is 41.3 Å². The number of fused-ring (bicyclic) bond motifs is 1. The van der Waals surface area contributed by atoms with Crippen molar-refractivity contribution in [1.82, 2.24) is 14.7 Å². The summed E-state index contributed by atoms with van der Waals surface area (Å²) < 4.78 is 33.4. The Kier molecular flexibility index (Phi) is 5.01. The molecule has 2 aliphatic rings. The first kappa shape index (κ1) is 18.2. The van der Waals surface area contributed by atoms with E-state index >= 15 is 0 Å². The fourth-order valence-corrected chi connectivity index (χ4v) is 4.58. The van der Waals surface area contributed by atoms with Crippen molar-refractivity contribution in [3.63, 3.8) is 0 Å². The number of nitrogens with one attached hydrogen (secondary N) is 1. The maximum Gasteiger partial charge on any atom is 0.240 e. The molecule has 0 amide bonds. The van der Waals surface area contributed by atoms with Crippen LogP contribution in [0.15, 0.2) is 29.2 Å². The number of anilines is 1. The molecule has 8 heteroatoms. The third-order valence-electron chi connectivity index (χ3n) is 4.96. The Morgan fingerprint density at radius 3 is 2.78 bits per heavy atom. The number of rotatable bonds is 5. The highest BCUT2D eigenvalue weighted by Crippen LogP contribution is 2.27. The van der Waals surface area contributed by atoms with E-state index in [0.29, 0.717) is 12.4 Å². The summed E-state index contributed by atoms with van der Waals surface area (Å²) in [6, 6.07) is 6.93. The summed E-state index contributed by atoms with van der Waals surface area (Å²) in [6.45, 7) is 4.55. The Morgan fingerprint density at radius 2 is 1.96 bits per heavy atom. The predicted octanol–water partition coefficient (Wildman–Crippen LogP) is 2.19. The second-order valence-electron chi connectivity index (χ2n) is 7.02. The first-order chi connectivity index (χ1) is 13.0. The lowest BCUT2D eigenvalue weighted by molar-refractivity contribution is 0.356. The number of hydrogen-bond donors (Lipinski definition) is 1. The van der Waals surface area contributed by atoms with Crippen molar-refractivity contribution in [1.29, 1.82) is 0 Å². The smallest absolute Gasteiger partial charge is 0.240 e. The fraction of sp³-hybridized carbons (Fsp3) is 0.474. The van der Waals surface area contributed by atoms with Gasteiger partial charge in [0.25, 0.3) is 0 Å². The van der Waals surface area contributed by atoms with E-state index < -0.39 is 10.0 Å². The molecule has 0 radical (unpaired) electrons. The zero-order valence-corrected chi connectivity index (χ0v) is 16.3. The minimum atomic E-state index is -3.63. The molecule has 0 bridgehead atoms. The van der Waals surface area contributed by atoms with Crippen molar-refractivity contribution in [3.8, 4) is 5.75 Å². The molecule has 0 spiro atoms. The van der Waals surface area contributed by atoms with E-state index in [9.17, 15) is 8.42 Å². The Labute approximate surface area is 159 Å². The van der Waals surface area contributed by atoms with E-state index in [0.717, 1.165) is 55.2 Å². The van der Waals surface area contributed by atoms with Gasteiger partial charge in [-0.3, -0.25) is 0 Å². The van der Waals surface area contributed by atoms with Gasteiger partial charge < -0.3 is 9.64 Å². The largest absolute Gasteiger partial charge is 0.493 e. The topological polar surface area (TPSA) is 84.4 Å². The third-order valence-corrected chi connectivity index (χ3v) is 6.36. The number of benzene rings is 1. The quantitative estimate of drug-likeness (QED) is 0.845. The van der Waals surface area contributed by atoms with Crippen LogP contribution in [0, 0.1) is 6.92 Å². The average molecular weight is 388 g/mol. The van der Waals surface area contributed by atoms with E-state index in [-0.39, 0.29) is 11.4 Å². The standard InChI is InChI=1S/C19H24N4O3S/c1-14-11-19(23-8-3-2-4-9-23)22-18(21-14)13-20-27(24,25)16-5-6-17-15(12-16)7-10-26-17/h5-6,11-12,20H,2-4,7-10,13H2,1H3. The summed E-state index contributed by atoms with van der Waals surface area (Å²) in [5.41, 5.74) is 1.77. The van der Waals surface area contributed by atoms with E-state index in [4.69, 9.17) is 4.74 Å². The van der Waals surface area contributed by atoms with Crippen molar-refractivity contribution in [2.45, 2.75) is 44.0 Å². The SMILES string of the molecule is Cc1cc(N2CCCCC2)nc(CNS(=O)(=O)c2ccc3c(c2)CCO3)n1. The number of piperidine rings is 1. The minimum absolute atomic E-state index is 0.0679. The molecule has 0 atom stereocenters. The molecule has 27 heavy (non-hydrogen) atoms. The Hall–Kier alpha value is -2.19. The zero-order valence-electron chi connectivity index (χ0n) is 15.4. The highest BCUT2D eigenvalue weighted by molar-refractivity contribution is 7.89. The van der Waals surface area contributed by atoms with Gasteiger partial charge in [-0.25, -0.2) is 23.1 Å². The molecule has 0 saturated carbocycles. The fourth-order valence-electron chi connectivity index (χ4n) is 3.55. The molecule has 1 fully saturated rings. The van der Waals surface area contributed by atoms with Crippen LogP contribution in [0.1, 0.15) is 36.3 Å². The summed E-state index contributed by atoms with van der Waals surface area (Å²) in [6.07, 6.45) is 4.30. The van der Waals surface area contributed by atoms with Crippen molar-refractivity contribution < 1.29 is 13.2 Å². The minimum Gasteiger partial charge on any atom is -0.493 e. The van der Waals surface area contributed by atoms with Crippen LogP contribution >= 0.6 is 0 Å². The number of hydrogen-bond acceptors (Lipinski definition) is 6. The number of aryl methyl sites for hydroxylation is 1. The van der Waals surface area contributed by atoms with E-state index in [1.807, 2.05) is 13.0 Å². The second-order valence-corrected chi connectivity index (χ2v) is 8.79. The summed E-state index contributed by atoms with van der Waals surface area (Å²) >= 11 is 0. The Bertz CT molecular complexity index is 940. The Balaban J connectivity index is 1.50. The van der Waals surface area contributed by atoms with Gasteiger partial charge in [-0.2, -0.15) is 0 Å². The molecule has 3 heterocycles. The van der Waals surface area contributed by atoms with Crippen LogP contribution < -0.4 is 14.4 Å². The van der Waals surface area contributed by atoms with Gasteiger partial charge >= 0.3 is 0 Å². The lowest BCUT2D eigenvalue weighted by Gasteiger charge is -2.28. The van der Waals surface area contributed by atoms with Crippen molar-refractivity contribution >= 4 is 15.8 Å². The first-order valence-electron chi connectivity index (χ1n) is 9.36. The molecule has 7 nitrogen and oxygen atoms in total. The summed E-state index contributed by atoms with van der Waals surface area (Å²) in [5, 5.41) is 0. The van der Waals surface area contributed by atoms with Gasteiger partial charge in [0.2, 0.25) is 10.0 Å². The molecule has 2 aromatic rings. The molecule has 1 aromatic carbocycles. The van der Waals surface area contributed by atoms with Crippen LogP contribution in [-0.2, 0) is 23.0 Å². The summed E-state index contributed by atoms with van der Waals surface area (Å²) in [7, 11) is -3.63. The number of ether oxygens (including phenoxy) is 1. The number of nitrogens with zero attached hydrogens (tertiary/aromatic N) is 3. The molecule has 0 unspecified atom stereocenters. The van der Waals surface area contributed by atoms with Gasteiger partial charge in [0.1, 0.15) is 17.4 Å². The average Bonchev–Trinajstić information content (AvgIpc) is 3.15. The Morgan fingerprint density at radius 1 is 1.15 bits per heavy atom. The van der Waals surface area contributed by atoms with Gasteiger partial charge in [-0.05, 0) is 49.9 Å². The number of aromatic nitrogens is 2. The molecule has 4 rings (SSSR count). The highest BCUT2D eigenvalue weighted by atomic mass is 32.2. The molecule has 0 aliphatic carbocycles. The normalized spacial score (nSPS) is 16.9. The highest BCUT2D eigenvalue weighted by Gasteiger charge is 2.20. The van der Waals surface area contributed by atoms with Gasteiger partial charge in [0.05, 0.1) is 18.0 Å². The molecule has 1 aromatic heterocycles. The van der Waals surface area contributed by atoms with Gasteiger partial charge in [-0.1, -0.05) is 0 Å². The van der Waals surface area contributed by atoms with E-state index in [1.165, 1.54) is 6.42 Å². The van der Waals surface area contributed by atoms with Gasteiger partial charge in [0, 0.05) is 31.3 Å². The predicted molar refractivity (Wildman–Crippen MR) is 102 cm³/mol. The van der Waals surface area contributed by atoms with Crippen LogP contribution in [0.3, 0.4) is 0 Å². The lowest BCUT2D eigenvalue weighted by Crippen LogP contribution is -2.31. The molecule has 2 aliphatic heterocycles. The van der Waals surface area contributed by atoms with Crippen LogP contribution in [0.2, 0.25) is 0 Å². The van der Waals surface area contributed by atoms with Crippen LogP contribution in [0.4, 0.5) is 5.82 Å². The molecule has 1 N–H and O–H groups in total. The van der Waals surface area contributed by atoms with Gasteiger partial charge in [0.15, 0.2) is 0 Å². The van der Waals surface area contributed by atoms with E-state index in [2.05, 4.69) is 19.6 Å². The molecular formula is C19H24N4O3S.